The summed E-state index contributed by atoms with van der Waals surface area (Å²) < 4.78 is 11.9. The maximum absolute atomic E-state index is 13.4. The smallest absolute Gasteiger partial charge is 0.295 e. The summed E-state index contributed by atoms with van der Waals surface area (Å²) >= 11 is 0. The fraction of sp³-hybridized carbons (Fsp3) is 0.200. The number of hydrogen-bond donors (Lipinski definition) is 1. The van der Waals surface area contributed by atoms with Crippen LogP contribution in [-0.2, 0) is 16.2 Å². The monoisotopic (exact) mass is 562 g/mol. The van der Waals surface area contributed by atoms with Crippen molar-refractivity contribution in [3.63, 3.8) is 0 Å². The number of amides is 1. The van der Waals surface area contributed by atoms with Crippen molar-refractivity contribution < 1.29 is 24.2 Å². The van der Waals surface area contributed by atoms with Crippen molar-refractivity contribution in [1.29, 1.82) is 0 Å². The van der Waals surface area contributed by atoms with Crippen LogP contribution in [0.4, 0.5) is 0 Å². The molecule has 0 radical (unpaired) electrons. The largest absolute Gasteiger partial charge is 0.507 e. The van der Waals surface area contributed by atoms with E-state index >= 15 is 0 Å². The number of likely N-dealkylation sites (N-methyl/N-ethyl adjacent to an activating group) is 1. The summed E-state index contributed by atoms with van der Waals surface area (Å²) in [5.74, 6) is 0.264. The third kappa shape index (κ3) is 6.53. The van der Waals surface area contributed by atoms with Crippen LogP contribution in [0.1, 0.15) is 28.3 Å². The molecule has 4 aromatic carbocycles. The molecule has 1 N–H and O–H groups in total. The van der Waals surface area contributed by atoms with E-state index in [0.717, 1.165) is 5.56 Å². The lowest BCUT2D eigenvalue weighted by atomic mass is 9.95. The van der Waals surface area contributed by atoms with Gasteiger partial charge in [-0.25, -0.2) is 0 Å². The van der Waals surface area contributed by atoms with E-state index in [1.165, 1.54) is 10.5 Å². The van der Waals surface area contributed by atoms with E-state index in [0.29, 0.717) is 48.1 Å². The van der Waals surface area contributed by atoms with Gasteiger partial charge < -0.3 is 24.4 Å². The number of ketones is 1. The van der Waals surface area contributed by atoms with Gasteiger partial charge in [-0.3, -0.25) is 9.59 Å². The number of Topliss-reactive ketones (excluding diaryl/α,β-unsaturated/α-hetero) is 1. The minimum absolute atomic E-state index is 0.0453. The van der Waals surface area contributed by atoms with Gasteiger partial charge in [-0.05, 0) is 80.7 Å². The lowest BCUT2D eigenvalue weighted by molar-refractivity contribution is -0.140. The van der Waals surface area contributed by atoms with Crippen LogP contribution in [0.25, 0.3) is 5.76 Å². The summed E-state index contributed by atoms with van der Waals surface area (Å²) in [5, 5.41) is 11.5. The Bertz CT molecular complexity index is 1580. The molecule has 1 aliphatic rings. The third-order valence-electron chi connectivity index (χ3n) is 7.13. The highest BCUT2D eigenvalue weighted by molar-refractivity contribution is 6.46. The molecule has 1 saturated heterocycles. The zero-order chi connectivity index (χ0) is 29.6. The Hall–Kier alpha value is -4.88. The SMILES string of the molecule is Cc1ccc(COc2ccc(C(O)=C3C(=O)C(=O)N(CCN(C)C)C3c3cccc(Oc4ccccc4)c3)cc2)cc1. The van der Waals surface area contributed by atoms with E-state index in [1.54, 1.807) is 24.3 Å². The molecule has 7 nitrogen and oxygen atoms in total. The first-order chi connectivity index (χ1) is 20.3. The molecule has 42 heavy (non-hydrogen) atoms. The molecule has 1 heterocycles. The van der Waals surface area contributed by atoms with Crippen LogP contribution in [0.15, 0.2) is 109 Å². The van der Waals surface area contributed by atoms with Crippen LogP contribution < -0.4 is 9.47 Å². The van der Waals surface area contributed by atoms with E-state index in [1.807, 2.05) is 105 Å². The number of ether oxygens (including phenoxy) is 2. The van der Waals surface area contributed by atoms with E-state index in [-0.39, 0.29) is 11.3 Å². The van der Waals surface area contributed by atoms with Gasteiger partial charge in [0.05, 0.1) is 11.6 Å². The minimum Gasteiger partial charge on any atom is -0.507 e. The highest BCUT2D eigenvalue weighted by atomic mass is 16.5. The van der Waals surface area contributed by atoms with Crippen LogP contribution in [-0.4, -0.2) is 53.8 Å². The summed E-state index contributed by atoms with van der Waals surface area (Å²) in [6.07, 6.45) is 0. The first-order valence-corrected chi connectivity index (χ1v) is 13.8. The zero-order valence-electron chi connectivity index (χ0n) is 24.0. The Morgan fingerprint density at radius 1 is 0.833 bits per heavy atom. The van der Waals surface area contributed by atoms with E-state index in [2.05, 4.69) is 0 Å². The van der Waals surface area contributed by atoms with Crippen molar-refractivity contribution in [2.75, 3.05) is 27.2 Å². The van der Waals surface area contributed by atoms with Gasteiger partial charge in [0.1, 0.15) is 29.6 Å². The predicted molar refractivity (Wildman–Crippen MR) is 162 cm³/mol. The zero-order valence-corrected chi connectivity index (χ0v) is 24.0. The van der Waals surface area contributed by atoms with Crippen molar-refractivity contribution in [3.8, 4) is 17.2 Å². The molecule has 5 rings (SSSR count). The number of rotatable bonds is 10. The van der Waals surface area contributed by atoms with E-state index < -0.39 is 17.7 Å². The van der Waals surface area contributed by atoms with Crippen molar-refractivity contribution in [1.82, 2.24) is 9.80 Å². The molecule has 0 aromatic heterocycles. The number of likely N-dealkylation sites (tertiary alicyclic amines) is 1. The fourth-order valence-corrected chi connectivity index (χ4v) is 4.85. The molecule has 0 spiro atoms. The summed E-state index contributed by atoms with van der Waals surface area (Å²) in [7, 11) is 3.81. The molecule has 7 heteroatoms. The Morgan fingerprint density at radius 2 is 1.52 bits per heavy atom. The average Bonchev–Trinajstić information content (AvgIpc) is 3.25. The minimum atomic E-state index is -0.776. The van der Waals surface area contributed by atoms with Gasteiger partial charge >= 0.3 is 0 Å². The van der Waals surface area contributed by atoms with Crippen LogP contribution in [0.5, 0.6) is 17.2 Å². The van der Waals surface area contributed by atoms with Gasteiger partial charge in [0.25, 0.3) is 11.7 Å². The highest BCUT2D eigenvalue weighted by Gasteiger charge is 2.46. The highest BCUT2D eigenvalue weighted by Crippen LogP contribution is 2.40. The molecule has 1 aliphatic heterocycles. The van der Waals surface area contributed by atoms with Gasteiger partial charge in [-0.15, -0.1) is 0 Å². The van der Waals surface area contributed by atoms with Crippen LogP contribution >= 0.6 is 0 Å². The first kappa shape index (κ1) is 28.6. The number of hydrogen-bond acceptors (Lipinski definition) is 6. The van der Waals surface area contributed by atoms with Crippen molar-refractivity contribution in [2.24, 2.45) is 0 Å². The van der Waals surface area contributed by atoms with Crippen LogP contribution in [0.2, 0.25) is 0 Å². The van der Waals surface area contributed by atoms with Crippen LogP contribution in [0, 0.1) is 6.92 Å². The molecule has 0 bridgehead atoms. The number of carbonyl (C=O) groups is 2. The Kier molecular flexibility index (Phi) is 8.69. The van der Waals surface area contributed by atoms with Gasteiger partial charge in [0.15, 0.2) is 0 Å². The summed E-state index contributed by atoms with van der Waals surface area (Å²) in [6.45, 7) is 3.31. The number of benzene rings is 4. The Morgan fingerprint density at radius 3 is 2.21 bits per heavy atom. The molecule has 1 amide bonds. The van der Waals surface area contributed by atoms with Gasteiger partial charge in [-0.2, -0.15) is 0 Å². The van der Waals surface area contributed by atoms with Crippen molar-refractivity contribution in [2.45, 2.75) is 19.6 Å². The van der Waals surface area contributed by atoms with Gasteiger partial charge in [0, 0.05) is 18.7 Å². The van der Waals surface area contributed by atoms with Crippen molar-refractivity contribution >= 4 is 17.4 Å². The maximum atomic E-state index is 13.4. The standard InChI is InChI=1S/C35H34N2O5/c1-24-12-14-25(15-13-24)23-41-28-18-16-26(17-19-28)33(38)31-32(37(21-20-36(2)3)35(40)34(31)39)27-8-7-11-30(22-27)42-29-9-5-4-6-10-29/h4-19,22,32,38H,20-21,23H2,1-3H3. The average molecular weight is 563 g/mol. The molecule has 1 atom stereocenters. The third-order valence-corrected chi connectivity index (χ3v) is 7.13. The number of carbonyl (C=O) groups excluding carboxylic acids is 2. The second kappa shape index (κ2) is 12.7. The second-order valence-electron chi connectivity index (χ2n) is 10.6. The number of aryl methyl sites for hydroxylation is 1. The van der Waals surface area contributed by atoms with Gasteiger partial charge in [-0.1, -0.05) is 60.2 Å². The molecule has 1 fully saturated rings. The quantitative estimate of drug-likeness (QED) is 0.138. The topological polar surface area (TPSA) is 79.3 Å². The molecule has 0 aliphatic carbocycles. The summed E-state index contributed by atoms with van der Waals surface area (Å²) in [5.41, 5.74) is 3.36. The summed E-state index contributed by atoms with van der Waals surface area (Å²) in [6, 6.07) is 30.9. The molecule has 0 saturated carbocycles. The van der Waals surface area contributed by atoms with Crippen LogP contribution in [0.3, 0.4) is 0 Å². The normalized spacial score (nSPS) is 16.2. The number of aliphatic hydroxyl groups excluding tert-OH is 1. The van der Waals surface area contributed by atoms with Gasteiger partial charge in [0.2, 0.25) is 0 Å². The number of aliphatic hydroxyl groups is 1. The molecular formula is C35H34N2O5. The lowest BCUT2D eigenvalue weighted by Crippen LogP contribution is -2.35. The molecule has 214 valence electrons. The van der Waals surface area contributed by atoms with E-state index in [9.17, 15) is 14.7 Å². The Balaban J connectivity index is 1.46. The molecule has 4 aromatic rings. The predicted octanol–water partition coefficient (Wildman–Crippen LogP) is 6.35. The second-order valence-corrected chi connectivity index (χ2v) is 10.6. The number of para-hydroxylation sites is 1. The Labute approximate surface area is 246 Å². The lowest BCUT2D eigenvalue weighted by Gasteiger charge is -2.27. The fourth-order valence-electron chi connectivity index (χ4n) is 4.85. The maximum Gasteiger partial charge on any atom is 0.295 e. The molecule has 1 unspecified atom stereocenters. The van der Waals surface area contributed by atoms with E-state index in [4.69, 9.17) is 9.47 Å². The van der Waals surface area contributed by atoms with Crippen molar-refractivity contribution in [3.05, 3.63) is 131 Å². The summed E-state index contributed by atoms with van der Waals surface area (Å²) in [4.78, 5) is 30.2. The number of nitrogens with zero attached hydrogens (tertiary/aromatic N) is 2. The first-order valence-electron chi connectivity index (χ1n) is 13.8. The molecular weight excluding hydrogens is 528 g/mol.